The van der Waals surface area contributed by atoms with Crippen molar-refractivity contribution in [3.05, 3.63) is 57.2 Å². The van der Waals surface area contributed by atoms with Crippen molar-refractivity contribution in [2.45, 2.75) is 84.0 Å². The number of esters is 1. The van der Waals surface area contributed by atoms with Gasteiger partial charge in [0, 0.05) is 11.5 Å². The number of nitrogens with zero attached hydrogens (tertiary/aromatic N) is 1. The second-order valence-corrected chi connectivity index (χ2v) is 9.50. The predicted molar refractivity (Wildman–Crippen MR) is 134 cm³/mol. The van der Waals surface area contributed by atoms with Crippen molar-refractivity contribution >= 4 is 11.9 Å². The number of rotatable bonds is 15. The van der Waals surface area contributed by atoms with Crippen LogP contribution in [0.2, 0.25) is 0 Å². The minimum atomic E-state index is -1.08. The van der Waals surface area contributed by atoms with Gasteiger partial charge in [0.1, 0.15) is 11.5 Å². The van der Waals surface area contributed by atoms with E-state index in [9.17, 15) is 24.8 Å². The van der Waals surface area contributed by atoms with Crippen LogP contribution >= 0.6 is 0 Å². The van der Waals surface area contributed by atoms with Gasteiger partial charge in [-0.05, 0) is 69.6 Å². The van der Waals surface area contributed by atoms with Crippen LogP contribution in [-0.4, -0.2) is 33.8 Å². The fourth-order valence-corrected chi connectivity index (χ4v) is 4.62. The number of unbranched alkanes of at least 4 members (excludes halogenated alkanes) is 4. The standard InChI is InChI=1S/C27H37NO8/c1-18(2)21-11-10-19(3)15-22(21)27-23(29)16-20(9-7-5-4-6-8-14-35-28(33)34)17-24(27)36-26(32)13-12-25(30)31/h15-17,21-22,29H,1,4-14H2,2-3H3,(H,30,31)/t21-,22+/m0/s1. The minimum Gasteiger partial charge on any atom is -0.507 e. The summed E-state index contributed by atoms with van der Waals surface area (Å²) in [6, 6.07) is 3.48. The first-order valence-corrected chi connectivity index (χ1v) is 12.5. The highest BCUT2D eigenvalue weighted by molar-refractivity contribution is 5.78. The minimum absolute atomic E-state index is 0.0488. The van der Waals surface area contributed by atoms with E-state index in [0.717, 1.165) is 49.7 Å². The lowest BCUT2D eigenvalue weighted by Gasteiger charge is -2.32. The van der Waals surface area contributed by atoms with Crippen molar-refractivity contribution in [3.63, 3.8) is 0 Å². The van der Waals surface area contributed by atoms with E-state index in [1.165, 1.54) is 5.57 Å². The second kappa shape index (κ2) is 14.3. The molecule has 0 aromatic heterocycles. The maximum absolute atomic E-state index is 12.4. The molecular weight excluding hydrogens is 466 g/mol. The molecule has 9 nitrogen and oxygen atoms in total. The van der Waals surface area contributed by atoms with E-state index < -0.39 is 17.0 Å². The van der Waals surface area contributed by atoms with E-state index in [2.05, 4.69) is 17.5 Å². The number of carboxylic acids is 1. The van der Waals surface area contributed by atoms with E-state index in [-0.39, 0.29) is 42.8 Å². The van der Waals surface area contributed by atoms with Gasteiger partial charge >= 0.3 is 11.9 Å². The number of allylic oxidation sites excluding steroid dienone is 3. The first-order chi connectivity index (χ1) is 17.1. The molecule has 9 heteroatoms. The Morgan fingerprint density at radius 1 is 1.17 bits per heavy atom. The van der Waals surface area contributed by atoms with Crippen LogP contribution in [0.1, 0.15) is 88.7 Å². The Morgan fingerprint density at radius 3 is 2.53 bits per heavy atom. The van der Waals surface area contributed by atoms with Crippen molar-refractivity contribution in [3.8, 4) is 11.5 Å². The number of benzene rings is 1. The molecule has 2 N–H and O–H groups in total. The molecule has 2 rings (SSSR count). The summed E-state index contributed by atoms with van der Waals surface area (Å²) in [6.07, 6.45) is 8.03. The van der Waals surface area contributed by atoms with Crippen LogP contribution in [-0.2, 0) is 20.8 Å². The Bertz CT molecular complexity index is 984. The van der Waals surface area contributed by atoms with Crippen molar-refractivity contribution in [1.29, 1.82) is 0 Å². The molecule has 0 saturated heterocycles. The third-order valence-corrected chi connectivity index (χ3v) is 6.47. The highest BCUT2D eigenvalue weighted by Crippen LogP contribution is 2.47. The van der Waals surface area contributed by atoms with Crippen LogP contribution < -0.4 is 4.74 Å². The highest BCUT2D eigenvalue weighted by atomic mass is 16.9. The summed E-state index contributed by atoms with van der Waals surface area (Å²) in [5.41, 5.74) is 3.52. The van der Waals surface area contributed by atoms with Crippen molar-refractivity contribution < 1.29 is 34.5 Å². The van der Waals surface area contributed by atoms with E-state index in [0.29, 0.717) is 18.4 Å². The molecule has 1 aliphatic carbocycles. The molecule has 0 amide bonds. The molecule has 0 spiro atoms. The summed E-state index contributed by atoms with van der Waals surface area (Å²) in [5.74, 6) is -1.54. The summed E-state index contributed by atoms with van der Waals surface area (Å²) in [4.78, 5) is 37.8. The van der Waals surface area contributed by atoms with Gasteiger partial charge in [0.25, 0.3) is 5.09 Å². The lowest BCUT2D eigenvalue weighted by molar-refractivity contribution is -0.757. The van der Waals surface area contributed by atoms with E-state index in [1.807, 2.05) is 13.8 Å². The zero-order chi connectivity index (χ0) is 26.7. The lowest BCUT2D eigenvalue weighted by atomic mass is 9.73. The molecule has 1 aromatic carbocycles. The van der Waals surface area contributed by atoms with Crippen LogP contribution in [0.3, 0.4) is 0 Å². The summed E-state index contributed by atoms with van der Waals surface area (Å²) in [5, 5.41) is 29.4. The number of carbonyl (C=O) groups is 2. The van der Waals surface area contributed by atoms with Crippen LogP contribution in [0.15, 0.2) is 35.9 Å². The quantitative estimate of drug-likeness (QED) is 0.0756. The fourth-order valence-electron chi connectivity index (χ4n) is 4.62. The molecule has 0 aliphatic heterocycles. The normalized spacial score (nSPS) is 17.2. The number of aromatic hydroxyl groups is 1. The molecule has 1 aliphatic rings. The fraction of sp³-hybridized carbons (Fsp3) is 0.556. The number of ether oxygens (including phenoxy) is 1. The zero-order valence-electron chi connectivity index (χ0n) is 21.2. The van der Waals surface area contributed by atoms with Gasteiger partial charge in [0.15, 0.2) is 0 Å². The zero-order valence-corrected chi connectivity index (χ0v) is 21.2. The molecule has 0 heterocycles. The molecular formula is C27H37NO8. The van der Waals surface area contributed by atoms with Crippen LogP contribution in [0, 0.1) is 16.0 Å². The number of hydrogen-bond acceptors (Lipinski definition) is 7. The Kier molecular flexibility index (Phi) is 11.4. The number of carboxylic acid groups (broad SMARTS) is 1. The van der Waals surface area contributed by atoms with Gasteiger partial charge in [-0.15, -0.1) is 10.1 Å². The van der Waals surface area contributed by atoms with Crippen LogP contribution in [0.25, 0.3) is 0 Å². The third-order valence-electron chi connectivity index (χ3n) is 6.47. The van der Waals surface area contributed by atoms with Gasteiger partial charge in [-0.2, -0.15) is 0 Å². The van der Waals surface area contributed by atoms with Crippen molar-refractivity contribution in [2.75, 3.05) is 6.61 Å². The molecule has 0 fully saturated rings. The Labute approximate surface area is 211 Å². The summed E-state index contributed by atoms with van der Waals surface area (Å²) < 4.78 is 5.63. The van der Waals surface area contributed by atoms with Crippen molar-refractivity contribution in [2.24, 2.45) is 5.92 Å². The summed E-state index contributed by atoms with van der Waals surface area (Å²) in [7, 11) is 0. The number of phenolic OH excluding ortho intramolecular Hbond substituents is 1. The highest BCUT2D eigenvalue weighted by Gasteiger charge is 2.31. The van der Waals surface area contributed by atoms with E-state index in [4.69, 9.17) is 9.84 Å². The average Bonchev–Trinajstić information content (AvgIpc) is 2.78. The monoisotopic (exact) mass is 503 g/mol. The third kappa shape index (κ3) is 9.36. The Balaban J connectivity index is 2.18. The number of aliphatic carboxylic acids is 1. The number of aryl methyl sites for hydroxylation is 1. The van der Waals surface area contributed by atoms with Crippen molar-refractivity contribution in [1.82, 2.24) is 0 Å². The van der Waals surface area contributed by atoms with Gasteiger partial charge in [-0.3, -0.25) is 9.59 Å². The molecule has 0 saturated carbocycles. The van der Waals surface area contributed by atoms with Crippen LogP contribution in [0.4, 0.5) is 0 Å². The van der Waals surface area contributed by atoms with Crippen LogP contribution in [0.5, 0.6) is 11.5 Å². The Morgan fingerprint density at radius 2 is 1.86 bits per heavy atom. The largest absolute Gasteiger partial charge is 0.507 e. The second-order valence-electron chi connectivity index (χ2n) is 9.50. The molecule has 1 aromatic rings. The molecule has 198 valence electrons. The number of hydrogen-bond donors (Lipinski definition) is 2. The van der Waals surface area contributed by atoms with Gasteiger partial charge in [0.2, 0.25) is 0 Å². The topological polar surface area (TPSA) is 136 Å². The molecule has 0 radical (unpaired) electrons. The molecule has 0 bridgehead atoms. The average molecular weight is 504 g/mol. The summed E-state index contributed by atoms with van der Waals surface area (Å²) in [6.45, 7) is 8.22. The number of phenols is 1. The predicted octanol–water partition coefficient (Wildman–Crippen LogP) is 5.88. The first kappa shape index (κ1) is 28.9. The van der Waals surface area contributed by atoms with E-state index in [1.54, 1.807) is 12.1 Å². The maximum atomic E-state index is 12.4. The smallest absolute Gasteiger partial charge is 0.311 e. The number of carbonyl (C=O) groups excluding carboxylic acids is 1. The first-order valence-electron chi connectivity index (χ1n) is 12.5. The summed E-state index contributed by atoms with van der Waals surface area (Å²) >= 11 is 0. The van der Waals surface area contributed by atoms with Gasteiger partial charge in [-0.1, -0.05) is 43.1 Å². The van der Waals surface area contributed by atoms with Gasteiger partial charge in [0.05, 0.1) is 19.4 Å². The SMILES string of the molecule is C=C(C)[C@@H]1CCC(C)=C[C@H]1c1c(O)cc(CCCCCCCO[N+](=O)[O-])cc1OC(=O)CCC(=O)O. The maximum Gasteiger partial charge on any atom is 0.311 e. The van der Waals surface area contributed by atoms with E-state index >= 15 is 0 Å². The van der Waals surface area contributed by atoms with Gasteiger partial charge < -0.3 is 19.8 Å². The molecule has 2 atom stereocenters. The molecule has 0 unspecified atom stereocenters. The molecule has 36 heavy (non-hydrogen) atoms. The lowest BCUT2D eigenvalue weighted by Crippen LogP contribution is -2.19. The van der Waals surface area contributed by atoms with Gasteiger partial charge in [-0.25, -0.2) is 0 Å². The Hall–Kier alpha value is -3.36.